The maximum absolute atomic E-state index is 11.9. The summed E-state index contributed by atoms with van der Waals surface area (Å²) in [6, 6.07) is 4.46. The molecule has 1 aromatic rings. The van der Waals surface area contributed by atoms with E-state index in [0.717, 1.165) is 5.56 Å². The van der Waals surface area contributed by atoms with E-state index < -0.39 is 18.5 Å². The Morgan fingerprint density at radius 1 is 1.45 bits per heavy atom. The van der Waals surface area contributed by atoms with Crippen LogP contribution in [0.2, 0.25) is 0 Å². The van der Waals surface area contributed by atoms with E-state index in [9.17, 15) is 14.7 Å². The fraction of sp³-hybridized carbons (Fsp3) is 0.231. The lowest BCUT2D eigenvalue weighted by Crippen LogP contribution is -2.40. The number of rotatable bonds is 3. The number of allylic oxidation sites excluding steroid dienone is 1. The number of nitrogens with one attached hydrogen (secondary N) is 1. The van der Waals surface area contributed by atoms with Crippen molar-refractivity contribution < 1.29 is 24.5 Å². The number of aliphatic carboxylic acids is 1. The summed E-state index contributed by atoms with van der Waals surface area (Å²) in [4.78, 5) is 23.6. The van der Waals surface area contributed by atoms with Crippen LogP contribution in [0.25, 0.3) is 0 Å². The highest BCUT2D eigenvalue weighted by Gasteiger charge is 2.23. The second kappa shape index (κ2) is 5.52. The van der Waals surface area contributed by atoms with Gasteiger partial charge in [-0.25, -0.2) is 4.79 Å². The predicted octanol–water partition coefficient (Wildman–Crippen LogP) is 1.25. The van der Waals surface area contributed by atoms with Crippen molar-refractivity contribution in [2.24, 2.45) is 0 Å². The summed E-state index contributed by atoms with van der Waals surface area (Å²) in [6.07, 6.45) is 1.56. The Bertz CT molecular complexity index is 582. The van der Waals surface area contributed by atoms with Crippen LogP contribution >= 0.6 is 0 Å². The summed E-state index contributed by atoms with van der Waals surface area (Å²) in [5.41, 5.74) is 1.29. The van der Waals surface area contributed by atoms with Gasteiger partial charge in [-0.3, -0.25) is 9.69 Å². The molecule has 0 radical (unpaired) electrons. The average Bonchev–Trinajstić information content (AvgIpc) is 2.42. The van der Waals surface area contributed by atoms with E-state index in [4.69, 9.17) is 9.84 Å². The molecule has 0 unspecified atom stereocenters. The number of carbonyl (C=O) groups excluding carboxylic acids is 1. The minimum atomic E-state index is -1.14. The molecule has 1 aromatic carbocycles. The van der Waals surface area contributed by atoms with Gasteiger partial charge in [-0.2, -0.15) is 0 Å². The van der Waals surface area contributed by atoms with Crippen molar-refractivity contribution in [3.05, 3.63) is 35.7 Å². The fourth-order valence-corrected chi connectivity index (χ4v) is 1.93. The molecule has 1 aliphatic rings. The Labute approximate surface area is 115 Å². The molecule has 7 heteroatoms. The number of methoxy groups -OCH3 is 1. The third-order valence-electron chi connectivity index (χ3n) is 2.81. The van der Waals surface area contributed by atoms with Crippen molar-refractivity contribution >= 4 is 17.7 Å². The van der Waals surface area contributed by atoms with Gasteiger partial charge < -0.3 is 20.3 Å². The highest BCUT2D eigenvalue weighted by molar-refractivity contribution is 5.96. The number of aliphatic hydroxyl groups excluding tert-OH is 1. The van der Waals surface area contributed by atoms with Crippen LogP contribution in [0.5, 0.6) is 5.75 Å². The third kappa shape index (κ3) is 2.82. The minimum Gasteiger partial charge on any atom is -0.510 e. The van der Waals surface area contributed by atoms with Crippen LogP contribution in [-0.4, -0.2) is 35.9 Å². The Hall–Kier alpha value is -2.70. The number of urea groups is 1. The molecule has 1 aliphatic heterocycles. The average molecular weight is 278 g/mol. The number of hydrogen-bond donors (Lipinski definition) is 3. The molecule has 0 bridgehead atoms. The number of anilines is 1. The molecular formula is C13H14N2O5. The first-order valence-corrected chi connectivity index (χ1v) is 5.86. The normalized spacial score (nSPS) is 13.2. The highest BCUT2D eigenvalue weighted by atomic mass is 16.5. The summed E-state index contributed by atoms with van der Waals surface area (Å²) in [7, 11) is 1.53. The number of hydrogen-bond acceptors (Lipinski definition) is 4. The van der Waals surface area contributed by atoms with Crippen LogP contribution < -0.4 is 15.0 Å². The lowest BCUT2D eigenvalue weighted by Gasteiger charge is -2.26. The number of carboxylic acid groups (broad SMARTS) is 1. The Morgan fingerprint density at radius 2 is 2.20 bits per heavy atom. The van der Waals surface area contributed by atoms with Crippen molar-refractivity contribution in [1.29, 1.82) is 0 Å². The smallest absolute Gasteiger partial charge is 0.326 e. The molecule has 7 nitrogen and oxygen atoms in total. The summed E-state index contributed by atoms with van der Waals surface area (Å²) in [5.74, 6) is -0.515. The van der Waals surface area contributed by atoms with E-state index in [2.05, 4.69) is 5.32 Å². The zero-order valence-electron chi connectivity index (χ0n) is 10.8. The van der Waals surface area contributed by atoms with E-state index >= 15 is 0 Å². The van der Waals surface area contributed by atoms with Crippen LogP contribution in [0, 0.1) is 0 Å². The van der Waals surface area contributed by atoms with Crippen LogP contribution in [0.3, 0.4) is 0 Å². The molecule has 2 rings (SSSR count). The van der Waals surface area contributed by atoms with Gasteiger partial charge in [-0.1, -0.05) is 0 Å². The minimum absolute atomic E-state index is 0.0104. The molecule has 0 atom stereocenters. The maximum Gasteiger partial charge on any atom is 0.326 e. The largest absolute Gasteiger partial charge is 0.510 e. The molecular weight excluding hydrogens is 264 g/mol. The highest BCUT2D eigenvalue weighted by Crippen LogP contribution is 2.31. The second-order valence-electron chi connectivity index (χ2n) is 4.21. The molecule has 3 N–H and O–H groups in total. The van der Waals surface area contributed by atoms with E-state index in [1.807, 2.05) is 0 Å². The molecule has 106 valence electrons. The number of carboxylic acids is 1. The van der Waals surface area contributed by atoms with Crippen molar-refractivity contribution in [2.75, 3.05) is 18.6 Å². The molecule has 0 spiro atoms. The van der Waals surface area contributed by atoms with Crippen LogP contribution in [-0.2, 0) is 11.2 Å². The molecule has 0 aliphatic carbocycles. The third-order valence-corrected chi connectivity index (χ3v) is 2.81. The van der Waals surface area contributed by atoms with Gasteiger partial charge in [0.15, 0.2) is 0 Å². The molecule has 20 heavy (non-hydrogen) atoms. The number of fused-ring (bicyclic) bond motifs is 1. The molecule has 0 saturated heterocycles. The van der Waals surface area contributed by atoms with Crippen LogP contribution in [0.1, 0.15) is 5.56 Å². The number of benzene rings is 1. The first-order valence-electron chi connectivity index (χ1n) is 5.86. The Morgan fingerprint density at radius 3 is 2.85 bits per heavy atom. The topological polar surface area (TPSA) is 99.1 Å². The zero-order chi connectivity index (χ0) is 14.7. The summed E-state index contributed by atoms with van der Waals surface area (Å²) >= 11 is 0. The van der Waals surface area contributed by atoms with Crippen LogP contribution in [0.15, 0.2) is 30.2 Å². The Balaban J connectivity index is 2.27. The van der Waals surface area contributed by atoms with E-state index in [1.54, 1.807) is 18.2 Å². The summed E-state index contributed by atoms with van der Waals surface area (Å²) in [6.45, 7) is -0.491. The lowest BCUT2D eigenvalue weighted by atomic mass is 10.0. The fourth-order valence-electron chi connectivity index (χ4n) is 1.93. The van der Waals surface area contributed by atoms with Gasteiger partial charge in [-0.15, -0.1) is 0 Å². The van der Waals surface area contributed by atoms with E-state index in [0.29, 0.717) is 11.4 Å². The van der Waals surface area contributed by atoms with E-state index in [1.165, 1.54) is 18.2 Å². The zero-order valence-corrected chi connectivity index (χ0v) is 10.8. The molecule has 1 heterocycles. The lowest BCUT2D eigenvalue weighted by molar-refractivity contribution is -0.135. The van der Waals surface area contributed by atoms with Gasteiger partial charge in [0.05, 0.1) is 19.0 Å². The molecule has 0 aromatic heterocycles. The van der Waals surface area contributed by atoms with Crippen LogP contribution in [0.4, 0.5) is 10.5 Å². The molecule has 0 fully saturated rings. The van der Waals surface area contributed by atoms with Crippen molar-refractivity contribution in [3.63, 3.8) is 0 Å². The van der Waals surface area contributed by atoms with Crippen molar-refractivity contribution in [1.82, 2.24) is 5.32 Å². The molecule has 0 saturated carbocycles. The van der Waals surface area contributed by atoms with Crippen molar-refractivity contribution in [2.45, 2.75) is 6.42 Å². The monoisotopic (exact) mass is 278 g/mol. The quantitative estimate of drug-likeness (QED) is 0.772. The van der Waals surface area contributed by atoms with Gasteiger partial charge in [0.2, 0.25) is 0 Å². The number of nitrogens with zero attached hydrogens (tertiary/aromatic N) is 1. The second-order valence-corrected chi connectivity index (χ2v) is 4.21. The predicted molar refractivity (Wildman–Crippen MR) is 70.9 cm³/mol. The van der Waals surface area contributed by atoms with Crippen molar-refractivity contribution in [3.8, 4) is 5.75 Å². The van der Waals surface area contributed by atoms with Gasteiger partial charge in [0.25, 0.3) is 0 Å². The van der Waals surface area contributed by atoms with Gasteiger partial charge in [0, 0.05) is 6.42 Å². The number of amides is 2. The first kappa shape index (κ1) is 13.7. The number of ether oxygens (including phenoxy) is 1. The standard InChI is InChI=1S/C13H14N2O5/c1-20-10-2-3-11-8(5-10)4-9(16)7-15(11)13(19)14-6-12(17)18/h2-3,5,7,16H,4,6H2,1H3,(H,14,19)(H,17,18). The number of carbonyl (C=O) groups is 2. The first-order chi connectivity index (χ1) is 9.51. The Kier molecular flexibility index (Phi) is 3.79. The summed E-state index contributed by atoms with van der Waals surface area (Å²) < 4.78 is 5.09. The SMILES string of the molecule is COc1ccc2c(c1)CC(O)=CN2C(=O)NCC(=O)O. The number of aliphatic hydroxyl groups is 1. The summed E-state index contributed by atoms with van der Waals surface area (Å²) in [5, 5.41) is 20.5. The molecule has 2 amide bonds. The van der Waals surface area contributed by atoms with Gasteiger partial charge in [0.1, 0.15) is 18.1 Å². The maximum atomic E-state index is 11.9. The van der Waals surface area contributed by atoms with Gasteiger partial charge in [-0.05, 0) is 23.8 Å². The van der Waals surface area contributed by atoms with E-state index in [-0.39, 0.29) is 12.2 Å². The van der Waals surface area contributed by atoms with Gasteiger partial charge >= 0.3 is 12.0 Å².